The van der Waals surface area contributed by atoms with Gasteiger partial charge in [0, 0.05) is 0 Å². The summed E-state index contributed by atoms with van der Waals surface area (Å²) in [5.74, 6) is 0.488. The first-order valence-electron chi connectivity index (χ1n) is 5.68. The van der Waals surface area contributed by atoms with Gasteiger partial charge >= 0.3 is 5.97 Å². The summed E-state index contributed by atoms with van der Waals surface area (Å²) in [6.45, 7) is 0.561. The molecular formula is C11H21NO2. The van der Waals surface area contributed by atoms with Crippen LogP contribution in [0.5, 0.6) is 0 Å². The van der Waals surface area contributed by atoms with Crippen molar-refractivity contribution in [3.05, 3.63) is 0 Å². The molecule has 14 heavy (non-hydrogen) atoms. The van der Waals surface area contributed by atoms with Crippen molar-refractivity contribution >= 4 is 5.97 Å². The Labute approximate surface area is 86.0 Å². The van der Waals surface area contributed by atoms with Gasteiger partial charge in [-0.25, -0.2) is 0 Å². The Bertz CT molecular complexity index is 163. The maximum absolute atomic E-state index is 10.8. The summed E-state index contributed by atoms with van der Waals surface area (Å²) >= 11 is 0. The summed E-state index contributed by atoms with van der Waals surface area (Å²) in [5, 5.41) is 0. The number of hydrogen-bond acceptors (Lipinski definition) is 3. The maximum Gasteiger partial charge on any atom is 0.319 e. The van der Waals surface area contributed by atoms with E-state index in [1.165, 1.54) is 38.5 Å². The standard InChI is InChI=1S/C11H21NO2/c12-9-11(13)14-8-7-10-5-3-1-2-4-6-10/h10H,1-9,12H2. The van der Waals surface area contributed by atoms with Crippen LogP contribution in [-0.4, -0.2) is 19.1 Å². The number of esters is 1. The highest BCUT2D eigenvalue weighted by Crippen LogP contribution is 2.25. The molecule has 2 N–H and O–H groups in total. The fourth-order valence-electron chi connectivity index (χ4n) is 2.05. The molecule has 0 aromatic carbocycles. The smallest absolute Gasteiger partial charge is 0.319 e. The highest BCUT2D eigenvalue weighted by Gasteiger charge is 2.12. The second kappa shape index (κ2) is 6.82. The van der Waals surface area contributed by atoms with E-state index >= 15 is 0 Å². The van der Waals surface area contributed by atoms with Gasteiger partial charge in [0.25, 0.3) is 0 Å². The van der Waals surface area contributed by atoms with Crippen molar-refractivity contribution in [1.82, 2.24) is 0 Å². The third-order valence-corrected chi connectivity index (χ3v) is 2.93. The summed E-state index contributed by atoms with van der Waals surface area (Å²) in [6.07, 6.45) is 9.06. The molecule has 82 valence electrons. The fourth-order valence-corrected chi connectivity index (χ4v) is 2.05. The Morgan fingerprint density at radius 2 is 1.86 bits per heavy atom. The Morgan fingerprint density at radius 3 is 2.43 bits per heavy atom. The van der Waals surface area contributed by atoms with Gasteiger partial charge < -0.3 is 10.5 Å². The average molecular weight is 199 g/mol. The summed E-state index contributed by atoms with van der Waals surface area (Å²) in [7, 11) is 0. The minimum atomic E-state index is -0.279. The van der Waals surface area contributed by atoms with E-state index in [2.05, 4.69) is 0 Å². The van der Waals surface area contributed by atoms with E-state index in [-0.39, 0.29) is 12.5 Å². The van der Waals surface area contributed by atoms with Crippen molar-refractivity contribution in [3.8, 4) is 0 Å². The van der Waals surface area contributed by atoms with Gasteiger partial charge in [0.05, 0.1) is 13.2 Å². The van der Waals surface area contributed by atoms with Gasteiger partial charge in [0.15, 0.2) is 0 Å². The molecule has 1 fully saturated rings. The van der Waals surface area contributed by atoms with Gasteiger partial charge in [-0.1, -0.05) is 38.5 Å². The van der Waals surface area contributed by atoms with Gasteiger partial charge in [-0.05, 0) is 12.3 Å². The van der Waals surface area contributed by atoms with Gasteiger partial charge in [0.1, 0.15) is 0 Å². The molecule has 0 amide bonds. The highest BCUT2D eigenvalue weighted by molar-refractivity contribution is 5.71. The Balaban J connectivity index is 2.07. The van der Waals surface area contributed by atoms with Crippen LogP contribution < -0.4 is 5.73 Å². The Kier molecular flexibility index (Phi) is 5.60. The molecule has 0 atom stereocenters. The van der Waals surface area contributed by atoms with E-state index in [9.17, 15) is 4.79 Å². The van der Waals surface area contributed by atoms with Crippen molar-refractivity contribution in [2.45, 2.75) is 44.9 Å². The summed E-state index contributed by atoms with van der Waals surface area (Å²) in [4.78, 5) is 10.8. The van der Waals surface area contributed by atoms with Gasteiger partial charge in [-0.3, -0.25) is 4.79 Å². The zero-order valence-electron chi connectivity index (χ0n) is 8.84. The number of hydrogen-bond donors (Lipinski definition) is 1. The van der Waals surface area contributed by atoms with Crippen LogP contribution in [0.2, 0.25) is 0 Å². The lowest BCUT2D eigenvalue weighted by atomic mass is 9.97. The SMILES string of the molecule is NCC(=O)OCCC1CCCCCC1. The molecule has 0 radical (unpaired) electrons. The van der Waals surface area contributed by atoms with E-state index in [1.807, 2.05) is 0 Å². The Hall–Kier alpha value is -0.570. The zero-order chi connectivity index (χ0) is 10.2. The summed E-state index contributed by atoms with van der Waals surface area (Å²) in [5.41, 5.74) is 5.14. The minimum absolute atomic E-state index is 0.00463. The summed E-state index contributed by atoms with van der Waals surface area (Å²) in [6, 6.07) is 0. The van der Waals surface area contributed by atoms with Gasteiger partial charge in [0.2, 0.25) is 0 Å². The largest absolute Gasteiger partial charge is 0.465 e. The first-order chi connectivity index (χ1) is 6.83. The molecule has 0 heterocycles. The molecule has 3 nitrogen and oxygen atoms in total. The second-order valence-electron chi connectivity index (χ2n) is 4.07. The van der Waals surface area contributed by atoms with Crippen LogP contribution in [0.25, 0.3) is 0 Å². The molecular weight excluding hydrogens is 178 g/mol. The number of ether oxygens (including phenoxy) is 1. The van der Waals surface area contributed by atoms with Crippen LogP contribution in [-0.2, 0) is 9.53 Å². The fraction of sp³-hybridized carbons (Fsp3) is 0.909. The van der Waals surface area contributed by atoms with Crippen LogP contribution in [0, 0.1) is 5.92 Å². The van der Waals surface area contributed by atoms with Crippen LogP contribution >= 0.6 is 0 Å². The molecule has 0 aromatic heterocycles. The lowest BCUT2D eigenvalue weighted by Crippen LogP contribution is -2.18. The monoisotopic (exact) mass is 199 g/mol. The lowest BCUT2D eigenvalue weighted by molar-refractivity contribution is -0.142. The van der Waals surface area contributed by atoms with Gasteiger partial charge in [-0.2, -0.15) is 0 Å². The van der Waals surface area contributed by atoms with Crippen molar-refractivity contribution < 1.29 is 9.53 Å². The molecule has 1 rings (SSSR count). The van der Waals surface area contributed by atoms with Crippen LogP contribution in [0.1, 0.15) is 44.9 Å². The Morgan fingerprint density at radius 1 is 1.21 bits per heavy atom. The van der Waals surface area contributed by atoms with Crippen LogP contribution in [0.3, 0.4) is 0 Å². The van der Waals surface area contributed by atoms with Crippen molar-refractivity contribution in [1.29, 1.82) is 0 Å². The molecule has 3 heteroatoms. The topological polar surface area (TPSA) is 52.3 Å². The number of carbonyl (C=O) groups excluding carboxylic acids is 1. The minimum Gasteiger partial charge on any atom is -0.465 e. The third kappa shape index (κ3) is 4.61. The van der Waals surface area contributed by atoms with Crippen LogP contribution in [0.4, 0.5) is 0 Å². The molecule has 0 aliphatic heterocycles. The number of nitrogens with two attached hydrogens (primary N) is 1. The molecule has 1 aliphatic carbocycles. The zero-order valence-corrected chi connectivity index (χ0v) is 8.84. The molecule has 1 saturated carbocycles. The molecule has 1 aliphatic rings. The van der Waals surface area contributed by atoms with Crippen molar-refractivity contribution in [3.63, 3.8) is 0 Å². The third-order valence-electron chi connectivity index (χ3n) is 2.93. The molecule has 0 spiro atoms. The quantitative estimate of drug-likeness (QED) is 0.555. The van der Waals surface area contributed by atoms with E-state index in [0.717, 1.165) is 12.3 Å². The average Bonchev–Trinajstić information content (AvgIpc) is 2.46. The first kappa shape index (κ1) is 11.5. The second-order valence-corrected chi connectivity index (χ2v) is 4.07. The maximum atomic E-state index is 10.8. The van der Waals surface area contributed by atoms with Crippen molar-refractivity contribution in [2.24, 2.45) is 11.7 Å². The van der Waals surface area contributed by atoms with E-state index in [1.54, 1.807) is 0 Å². The molecule has 0 saturated heterocycles. The predicted octanol–water partition coefficient (Wildman–Crippen LogP) is 1.85. The van der Waals surface area contributed by atoms with E-state index in [0.29, 0.717) is 6.61 Å². The molecule has 0 unspecified atom stereocenters. The molecule has 0 bridgehead atoms. The normalized spacial score (nSPS) is 18.9. The number of carbonyl (C=O) groups is 1. The first-order valence-corrected chi connectivity index (χ1v) is 5.68. The lowest BCUT2D eigenvalue weighted by Gasteiger charge is -2.13. The van der Waals surface area contributed by atoms with Gasteiger partial charge in [-0.15, -0.1) is 0 Å². The predicted molar refractivity (Wildman–Crippen MR) is 55.8 cm³/mol. The highest BCUT2D eigenvalue weighted by atomic mass is 16.5. The molecule has 0 aromatic rings. The number of rotatable bonds is 4. The van der Waals surface area contributed by atoms with E-state index in [4.69, 9.17) is 10.5 Å². The van der Waals surface area contributed by atoms with E-state index < -0.39 is 0 Å². The van der Waals surface area contributed by atoms with Crippen LogP contribution in [0.15, 0.2) is 0 Å². The summed E-state index contributed by atoms with van der Waals surface area (Å²) < 4.78 is 4.97. The van der Waals surface area contributed by atoms with Crippen molar-refractivity contribution in [2.75, 3.05) is 13.2 Å².